The Balaban J connectivity index is 2.03. The molecule has 0 bridgehead atoms. The number of carbonyl (C=O) groups excluding carboxylic acids is 2. The summed E-state index contributed by atoms with van der Waals surface area (Å²) in [5.74, 6) is 0.0912. The summed E-state index contributed by atoms with van der Waals surface area (Å²) < 4.78 is 5.07. The van der Waals surface area contributed by atoms with Crippen LogP contribution in [0.4, 0.5) is 0 Å². The monoisotopic (exact) mass is 255 g/mol. The first-order chi connectivity index (χ1) is 9.29. The second-order valence-corrected chi connectivity index (χ2v) is 3.68. The van der Waals surface area contributed by atoms with E-state index in [-0.39, 0.29) is 12.1 Å². The first-order valence-electron chi connectivity index (χ1n) is 5.61. The molecule has 1 amide bonds. The van der Waals surface area contributed by atoms with Gasteiger partial charge in [-0.15, -0.1) is 0 Å². The van der Waals surface area contributed by atoms with Gasteiger partial charge < -0.3 is 9.73 Å². The molecule has 0 unspecified atom stereocenters. The summed E-state index contributed by atoms with van der Waals surface area (Å²) in [6.07, 6.45) is 6.08. The molecule has 0 saturated carbocycles. The van der Waals surface area contributed by atoms with E-state index in [0.717, 1.165) is 0 Å². The number of nitrogens with one attached hydrogen (secondary N) is 1. The quantitative estimate of drug-likeness (QED) is 0.499. The van der Waals surface area contributed by atoms with Crippen molar-refractivity contribution >= 4 is 18.3 Å². The molecule has 0 aliphatic rings. The molecule has 2 rings (SSSR count). The van der Waals surface area contributed by atoms with Crippen LogP contribution in [0.1, 0.15) is 11.5 Å². The standard InChI is InChI=1S/C14H11N2O3/c17-10-11(8-12-4-1-2-6-15-12)14(18)16-9-13-5-3-7-19-13/h1-8H,9H2,(H,16,18)/b11-8+. The molecule has 95 valence electrons. The summed E-state index contributed by atoms with van der Waals surface area (Å²) >= 11 is 0. The molecule has 2 heterocycles. The topological polar surface area (TPSA) is 72.2 Å². The van der Waals surface area contributed by atoms with Crippen LogP contribution in [-0.4, -0.2) is 17.2 Å². The van der Waals surface area contributed by atoms with Gasteiger partial charge in [-0.25, -0.2) is 0 Å². The van der Waals surface area contributed by atoms with Crippen LogP contribution in [0.15, 0.2) is 52.8 Å². The zero-order chi connectivity index (χ0) is 13.5. The number of hydrogen-bond acceptors (Lipinski definition) is 4. The second kappa shape index (κ2) is 6.30. The van der Waals surface area contributed by atoms with Gasteiger partial charge in [0.1, 0.15) is 5.76 Å². The number of hydrogen-bond donors (Lipinski definition) is 1. The van der Waals surface area contributed by atoms with E-state index in [4.69, 9.17) is 4.42 Å². The van der Waals surface area contributed by atoms with Gasteiger partial charge in [0, 0.05) is 6.20 Å². The zero-order valence-corrected chi connectivity index (χ0v) is 10.00. The van der Waals surface area contributed by atoms with Crippen molar-refractivity contribution in [1.82, 2.24) is 10.3 Å². The van der Waals surface area contributed by atoms with Crippen LogP contribution in [0.25, 0.3) is 6.08 Å². The SMILES string of the molecule is O=[C]/C(=C\c1ccccn1)C(=O)NCc1ccco1. The molecule has 0 saturated heterocycles. The van der Waals surface area contributed by atoms with Crippen LogP contribution in [-0.2, 0) is 16.1 Å². The Hall–Kier alpha value is -2.69. The Kier molecular flexibility index (Phi) is 4.23. The van der Waals surface area contributed by atoms with Crippen LogP contribution >= 0.6 is 0 Å². The second-order valence-electron chi connectivity index (χ2n) is 3.68. The van der Waals surface area contributed by atoms with Gasteiger partial charge in [0.25, 0.3) is 5.91 Å². The van der Waals surface area contributed by atoms with Gasteiger partial charge in [-0.1, -0.05) is 6.07 Å². The molecular formula is C14H11N2O3. The van der Waals surface area contributed by atoms with E-state index in [1.165, 1.54) is 12.3 Å². The molecule has 2 aromatic heterocycles. The van der Waals surface area contributed by atoms with E-state index in [2.05, 4.69) is 10.3 Å². The number of aromatic nitrogens is 1. The fraction of sp³-hybridized carbons (Fsp3) is 0.0714. The molecule has 0 atom stereocenters. The average molecular weight is 255 g/mol. The lowest BCUT2D eigenvalue weighted by atomic mass is 10.2. The highest BCUT2D eigenvalue weighted by Crippen LogP contribution is 2.03. The lowest BCUT2D eigenvalue weighted by Gasteiger charge is -2.02. The van der Waals surface area contributed by atoms with Gasteiger partial charge in [-0.05, 0) is 30.3 Å². The molecule has 5 nitrogen and oxygen atoms in total. The predicted octanol–water partition coefficient (Wildman–Crippen LogP) is 1.48. The van der Waals surface area contributed by atoms with E-state index < -0.39 is 5.91 Å². The minimum absolute atomic E-state index is 0.106. The summed E-state index contributed by atoms with van der Waals surface area (Å²) in [6.45, 7) is 0.215. The van der Waals surface area contributed by atoms with Gasteiger partial charge in [-0.2, -0.15) is 0 Å². The predicted molar refractivity (Wildman–Crippen MR) is 68.5 cm³/mol. The van der Waals surface area contributed by atoms with E-state index in [1.807, 2.05) is 0 Å². The Labute approximate surface area is 110 Å². The summed E-state index contributed by atoms with van der Waals surface area (Å²) in [4.78, 5) is 26.6. The highest BCUT2D eigenvalue weighted by molar-refractivity contribution is 6.14. The first-order valence-corrected chi connectivity index (χ1v) is 5.61. The molecule has 1 N–H and O–H groups in total. The maximum Gasteiger partial charge on any atom is 0.255 e. The third-order valence-electron chi connectivity index (χ3n) is 2.34. The summed E-state index contributed by atoms with van der Waals surface area (Å²) in [5, 5.41) is 2.57. The largest absolute Gasteiger partial charge is 0.467 e. The van der Waals surface area contributed by atoms with Crippen LogP contribution in [0.2, 0.25) is 0 Å². The molecule has 0 spiro atoms. The Bertz CT molecular complexity index is 574. The Morgan fingerprint density at radius 3 is 2.89 bits per heavy atom. The van der Waals surface area contributed by atoms with Gasteiger partial charge >= 0.3 is 0 Å². The smallest absolute Gasteiger partial charge is 0.255 e. The van der Waals surface area contributed by atoms with Crippen LogP contribution < -0.4 is 5.32 Å². The van der Waals surface area contributed by atoms with Crippen molar-refractivity contribution in [3.05, 3.63) is 59.8 Å². The molecule has 0 aliphatic carbocycles. The maximum atomic E-state index is 11.8. The van der Waals surface area contributed by atoms with Crippen molar-refractivity contribution in [3.63, 3.8) is 0 Å². The van der Waals surface area contributed by atoms with Gasteiger partial charge in [0.15, 0.2) is 0 Å². The lowest BCUT2D eigenvalue weighted by Crippen LogP contribution is -2.24. The van der Waals surface area contributed by atoms with Gasteiger partial charge in [-0.3, -0.25) is 14.6 Å². The molecule has 0 fully saturated rings. The van der Waals surface area contributed by atoms with Crippen LogP contribution in [0.3, 0.4) is 0 Å². The Morgan fingerprint density at radius 1 is 1.37 bits per heavy atom. The third-order valence-corrected chi connectivity index (χ3v) is 2.34. The van der Waals surface area contributed by atoms with Gasteiger partial charge in [0.05, 0.1) is 24.1 Å². The molecule has 0 aliphatic heterocycles. The molecule has 5 heteroatoms. The fourth-order valence-electron chi connectivity index (χ4n) is 1.43. The molecule has 1 radical (unpaired) electrons. The van der Waals surface area contributed by atoms with E-state index in [0.29, 0.717) is 11.5 Å². The van der Waals surface area contributed by atoms with Gasteiger partial charge in [0.2, 0.25) is 6.29 Å². The first kappa shape index (κ1) is 12.8. The van der Waals surface area contributed by atoms with Crippen LogP contribution in [0.5, 0.6) is 0 Å². The molecular weight excluding hydrogens is 244 g/mol. The molecule has 2 aromatic rings. The number of pyridine rings is 1. The zero-order valence-electron chi connectivity index (χ0n) is 10.00. The van der Waals surface area contributed by atoms with Crippen molar-refractivity contribution in [1.29, 1.82) is 0 Å². The highest BCUT2D eigenvalue weighted by Gasteiger charge is 2.10. The third kappa shape index (κ3) is 3.64. The van der Waals surface area contributed by atoms with Crippen molar-refractivity contribution in [2.45, 2.75) is 6.54 Å². The lowest BCUT2D eigenvalue weighted by molar-refractivity contribution is -0.117. The molecule has 19 heavy (non-hydrogen) atoms. The number of amides is 1. The minimum Gasteiger partial charge on any atom is -0.467 e. The Morgan fingerprint density at radius 2 is 2.26 bits per heavy atom. The van der Waals surface area contributed by atoms with E-state index in [9.17, 15) is 9.59 Å². The fourth-order valence-corrected chi connectivity index (χ4v) is 1.43. The average Bonchev–Trinajstić information content (AvgIpc) is 2.96. The summed E-state index contributed by atoms with van der Waals surface area (Å²) in [6, 6.07) is 8.66. The summed E-state index contributed by atoms with van der Waals surface area (Å²) in [7, 11) is 0. The molecule has 0 aromatic carbocycles. The normalized spacial score (nSPS) is 11.1. The summed E-state index contributed by atoms with van der Waals surface area (Å²) in [5.41, 5.74) is 0.416. The van der Waals surface area contributed by atoms with Crippen molar-refractivity contribution in [3.8, 4) is 0 Å². The number of rotatable bonds is 5. The van der Waals surface area contributed by atoms with E-state index >= 15 is 0 Å². The number of carbonyl (C=O) groups is 1. The van der Waals surface area contributed by atoms with E-state index in [1.54, 1.807) is 42.8 Å². The van der Waals surface area contributed by atoms with Crippen molar-refractivity contribution in [2.24, 2.45) is 0 Å². The number of nitrogens with zero attached hydrogens (tertiary/aromatic N) is 1. The minimum atomic E-state index is -0.517. The van der Waals surface area contributed by atoms with Crippen molar-refractivity contribution in [2.75, 3.05) is 0 Å². The highest BCUT2D eigenvalue weighted by atomic mass is 16.3. The maximum absolute atomic E-state index is 11.8. The number of furan rings is 1. The van der Waals surface area contributed by atoms with Crippen LogP contribution in [0, 0.1) is 0 Å². The van der Waals surface area contributed by atoms with Crippen molar-refractivity contribution < 1.29 is 14.0 Å².